The van der Waals surface area contributed by atoms with Gasteiger partial charge in [-0.15, -0.1) is 0 Å². The van der Waals surface area contributed by atoms with Crippen LogP contribution in [0.1, 0.15) is 11.1 Å². The fourth-order valence-electron chi connectivity index (χ4n) is 8.72. The number of nitrogens with zero attached hydrogens (tertiary/aromatic N) is 3. The molecule has 3 nitrogen and oxygen atoms in total. The number of rotatable bonds is 9. The third kappa shape index (κ3) is 6.26. The summed E-state index contributed by atoms with van der Waals surface area (Å²) in [4.78, 5) is 4.68. The lowest BCUT2D eigenvalue weighted by molar-refractivity contribution is 1.18. The average Bonchev–Trinajstić information content (AvgIpc) is 3.64. The second-order valence-electron chi connectivity index (χ2n) is 15.1. The molecule has 0 unspecified atom stereocenters. The molecule has 1 heterocycles. The lowest BCUT2D eigenvalue weighted by Gasteiger charge is -2.26. The molecule has 0 fully saturated rings. The largest absolute Gasteiger partial charge is 0.310 e. The molecule has 3 heteroatoms. The molecule has 59 heavy (non-hydrogen) atoms. The lowest BCUT2D eigenvalue weighted by atomic mass is 9.99. The SMILES string of the molecule is C(=C\c1cc2ccc3cc(N(c4ccccc4)c4ccccc4)cc4c3c2c(c1)n4-c1ccccc1)/c1ccc(N(c2ccccc2)c2ccc3ccccc3c2)cc1. The maximum atomic E-state index is 2.44. The molecule has 0 saturated heterocycles. The van der Waals surface area contributed by atoms with E-state index in [2.05, 4.69) is 251 Å². The van der Waals surface area contributed by atoms with Gasteiger partial charge in [0.1, 0.15) is 0 Å². The highest BCUT2D eigenvalue weighted by Gasteiger charge is 2.21. The molecule has 0 aliphatic heterocycles. The standard InChI is InChI=1S/C56H39N3/c1-5-17-46(18-6-1)57(51-34-31-42-15-13-14-16-43(42)37-51)50-32-27-40(28-33-50)25-26-41-35-44-29-30-45-38-52(58(47-19-7-2-8-20-47)48-21-9-3-10-22-48)39-54-56(45)55(44)53(36-41)59(54)49-23-11-4-12-24-49/h1-39H/b26-25+. The van der Waals surface area contributed by atoms with Crippen molar-refractivity contribution in [1.29, 1.82) is 0 Å². The van der Waals surface area contributed by atoms with Crippen LogP contribution in [-0.4, -0.2) is 4.57 Å². The number of hydrogen-bond acceptors (Lipinski definition) is 2. The molecule has 0 radical (unpaired) electrons. The van der Waals surface area contributed by atoms with E-state index in [1.165, 1.54) is 43.4 Å². The van der Waals surface area contributed by atoms with Gasteiger partial charge in [-0.3, -0.25) is 0 Å². The number of aromatic nitrogens is 1. The Hall–Kier alpha value is -7.88. The van der Waals surface area contributed by atoms with E-state index in [1.807, 2.05) is 0 Å². The minimum Gasteiger partial charge on any atom is -0.310 e. The number of para-hydroxylation sites is 4. The van der Waals surface area contributed by atoms with Crippen molar-refractivity contribution >= 4 is 89.6 Å². The highest BCUT2D eigenvalue weighted by Crippen LogP contribution is 2.44. The third-order valence-corrected chi connectivity index (χ3v) is 11.4. The van der Waals surface area contributed by atoms with Crippen molar-refractivity contribution in [2.24, 2.45) is 0 Å². The summed E-state index contributed by atoms with van der Waals surface area (Å²) in [6.45, 7) is 0. The fourth-order valence-corrected chi connectivity index (χ4v) is 8.72. The van der Waals surface area contributed by atoms with Crippen molar-refractivity contribution in [3.05, 3.63) is 236 Å². The Morgan fingerprint density at radius 1 is 0.288 bits per heavy atom. The van der Waals surface area contributed by atoms with Crippen LogP contribution < -0.4 is 9.80 Å². The molecule has 0 atom stereocenters. The Balaban J connectivity index is 1.00. The smallest absolute Gasteiger partial charge is 0.0568 e. The summed E-state index contributed by atoms with van der Waals surface area (Å²) < 4.78 is 2.44. The number of benzene rings is 10. The van der Waals surface area contributed by atoms with E-state index in [0.717, 1.165) is 50.9 Å². The van der Waals surface area contributed by atoms with Gasteiger partial charge in [0.2, 0.25) is 0 Å². The molecular formula is C56H39N3. The van der Waals surface area contributed by atoms with Gasteiger partial charge in [-0.25, -0.2) is 0 Å². The van der Waals surface area contributed by atoms with Gasteiger partial charge in [-0.05, 0) is 130 Å². The summed E-state index contributed by atoms with van der Waals surface area (Å²) >= 11 is 0. The number of hydrogen-bond donors (Lipinski definition) is 0. The number of fused-ring (bicyclic) bond motifs is 1. The van der Waals surface area contributed by atoms with Crippen LogP contribution in [-0.2, 0) is 0 Å². The summed E-state index contributed by atoms with van der Waals surface area (Å²) in [6.07, 6.45) is 4.47. The molecule has 1 aromatic heterocycles. The predicted octanol–water partition coefficient (Wildman–Crippen LogP) is 15.6. The highest BCUT2D eigenvalue weighted by molar-refractivity contribution is 6.25. The van der Waals surface area contributed by atoms with Crippen molar-refractivity contribution in [1.82, 2.24) is 4.57 Å². The zero-order chi connectivity index (χ0) is 39.1. The van der Waals surface area contributed by atoms with Crippen LogP contribution in [0.5, 0.6) is 0 Å². The van der Waals surface area contributed by atoms with E-state index >= 15 is 0 Å². The van der Waals surface area contributed by atoms with Crippen molar-refractivity contribution in [2.75, 3.05) is 9.80 Å². The average molecular weight is 754 g/mol. The first kappa shape index (κ1) is 34.4. The molecule has 11 aromatic rings. The highest BCUT2D eigenvalue weighted by atomic mass is 15.1. The molecule has 0 bridgehead atoms. The first-order valence-corrected chi connectivity index (χ1v) is 20.2. The van der Waals surface area contributed by atoms with Crippen molar-refractivity contribution in [3.8, 4) is 5.69 Å². The topological polar surface area (TPSA) is 11.4 Å². The Bertz CT molecular complexity index is 3200. The Kier molecular flexibility index (Phi) is 8.49. The Morgan fingerprint density at radius 2 is 0.729 bits per heavy atom. The van der Waals surface area contributed by atoms with Crippen molar-refractivity contribution < 1.29 is 0 Å². The lowest BCUT2D eigenvalue weighted by Crippen LogP contribution is -2.10. The van der Waals surface area contributed by atoms with Crippen LogP contribution in [0.3, 0.4) is 0 Å². The van der Waals surface area contributed by atoms with E-state index < -0.39 is 0 Å². The van der Waals surface area contributed by atoms with Gasteiger partial charge in [0.25, 0.3) is 0 Å². The molecule has 0 aliphatic rings. The predicted molar refractivity (Wildman–Crippen MR) is 252 cm³/mol. The molecule has 0 N–H and O–H groups in total. The van der Waals surface area contributed by atoms with Crippen molar-refractivity contribution in [2.45, 2.75) is 0 Å². The van der Waals surface area contributed by atoms with E-state index in [-0.39, 0.29) is 0 Å². The third-order valence-electron chi connectivity index (χ3n) is 11.4. The Morgan fingerprint density at radius 3 is 1.36 bits per heavy atom. The van der Waals surface area contributed by atoms with E-state index in [0.29, 0.717) is 0 Å². The minimum atomic E-state index is 1.11. The summed E-state index contributed by atoms with van der Waals surface area (Å²) in [5, 5.41) is 7.48. The van der Waals surface area contributed by atoms with E-state index in [4.69, 9.17) is 0 Å². The molecule has 10 aromatic carbocycles. The van der Waals surface area contributed by atoms with Crippen LogP contribution in [0.4, 0.5) is 34.1 Å². The van der Waals surface area contributed by atoms with Gasteiger partial charge in [-0.1, -0.05) is 140 Å². The molecule has 11 rings (SSSR count). The summed E-state index contributed by atoms with van der Waals surface area (Å²) in [7, 11) is 0. The van der Waals surface area contributed by atoms with Gasteiger partial charge in [0.05, 0.1) is 11.0 Å². The monoisotopic (exact) mass is 753 g/mol. The van der Waals surface area contributed by atoms with Crippen LogP contribution in [0.2, 0.25) is 0 Å². The maximum absolute atomic E-state index is 2.44. The second kappa shape index (κ2) is 14.6. The first-order chi connectivity index (χ1) is 29.2. The summed E-state index contributed by atoms with van der Waals surface area (Å²) in [5.41, 5.74) is 12.5. The zero-order valence-corrected chi connectivity index (χ0v) is 32.4. The quantitative estimate of drug-likeness (QED) is 0.107. The fraction of sp³-hybridized carbons (Fsp3) is 0. The Labute approximate surface area is 343 Å². The summed E-state index contributed by atoms with van der Waals surface area (Å²) in [6, 6.07) is 80.7. The van der Waals surface area contributed by atoms with Crippen LogP contribution in [0.25, 0.3) is 61.2 Å². The van der Waals surface area contributed by atoms with Gasteiger partial charge >= 0.3 is 0 Å². The normalized spacial score (nSPS) is 11.7. The molecule has 0 aliphatic carbocycles. The van der Waals surface area contributed by atoms with E-state index in [1.54, 1.807) is 0 Å². The van der Waals surface area contributed by atoms with Crippen molar-refractivity contribution in [3.63, 3.8) is 0 Å². The molecular weight excluding hydrogens is 715 g/mol. The molecule has 278 valence electrons. The maximum Gasteiger partial charge on any atom is 0.0568 e. The van der Waals surface area contributed by atoms with Crippen LogP contribution >= 0.6 is 0 Å². The minimum absolute atomic E-state index is 1.11. The van der Waals surface area contributed by atoms with Gasteiger partial charge in [0.15, 0.2) is 0 Å². The zero-order valence-electron chi connectivity index (χ0n) is 32.4. The number of anilines is 6. The first-order valence-electron chi connectivity index (χ1n) is 20.2. The molecule has 0 spiro atoms. The molecule has 0 saturated carbocycles. The van der Waals surface area contributed by atoms with Gasteiger partial charge < -0.3 is 14.4 Å². The van der Waals surface area contributed by atoms with Gasteiger partial charge in [-0.2, -0.15) is 0 Å². The van der Waals surface area contributed by atoms with Gasteiger partial charge in [0, 0.05) is 50.6 Å². The van der Waals surface area contributed by atoms with Crippen LogP contribution in [0.15, 0.2) is 224 Å². The molecule has 0 amide bonds. The van der Waals surface area contributed by atoms with E-state index in [9.17, 15) is 0 Å². The van der Waals surface area contributed by atoms with Crippen LogP contribution in [0, 0.1) is 0 Å². The second-order valence-corrected chi connectivity index (χ2v) is 15.1. The summed E-state index contributed by atoms with van der Waals surface area (Å²) in [5.74, 6) is 0.